The summed E-state index contributed by atoms with van der Waals surface area (Å²) in [7, 11) is 2.04. The Hall–Kier alpha value is -1.67. The van der Waals surface area contributed by atoms with E-state index in [1.807, 2.05) is 13.1 Å². The number of likely N-dealkylation sites (N-methyl/N-ethyl adjacent to an activating group) is 1. The van der Waals surface area contributed by atoms with E-state index in [2.05, 4.69) is 23.5 Å². The van der Waals surface area contributed by atoms with Crippen molar-refractivity contribution in [2.24, 2.45) is 11.8 Å². The van der Waals surface area contributed by atoms with E-state index in [1.165, 1.54) is 31.2 Å². The van der Waals surface area contributed by atoms with Crippen LogP contribution in [0.5, 0.6) is 0 Å². The van der Waals surface area contributed by atoms with E-state index in [0.29, 0.717) is 0 Å². The molecule has 2 heteroatoms. The summed E-state index contributed by atoms with van der Waals surface area (Å²) in [5, 5.41) is 5.47. The first-order chi connectivity index (χ1) is 10.7. The van der Waals surface area contributed by atoms with E-state index in [1.54, 1.807) is 23.3 Å². The molecule has 1 fully saturated rings. The van der Waals surface area contributed by atoms with E-state index in [9.17, 15) is 4.39 Å². The van der Waals surface area contributed by atoms with Gasteiger partial charge in [-0.15, -0.1) is 0 Å². The topological polar surface area (TPSA) is 12.0 Å². The molecule has 0 saturated heterocycles. The van der Waals surface area contributed by atoms with Crippen LogP contribution in [0, 0.1) is 17.7 Å². The van der Waals surface area contributed by atoms with Gasteiger partial charge in [-0.1, -0.05) is 18.2 Å². The van der Waals surface area contributed by atoms with Crippen molar-refractivity contribution in [2.45, 2.75) is 25.7 Å². The Morgan fingerprint density at radius 2 is 1.91 bits per heavy atom. The second kappa shape index (κ2) is 5.51. The zero-order valence-corrected chi connectivity index (χ0v) is 13.0. The third-order valence-corrected chi connectivity index (χ3v) is 5.43. The molecule has 0 spiro atoms. The molecule has 1 nitrogen and oxygen atoms in total. The highest BCUT2D eigenvalue weighted by atomic mass is 19.1. The molecule has 4 rings (SSSR count). The van der Waals surface area contributed by atoms with Crippen molar-refractivity contribution in [2.75, 3.05) is 13.6 Å². The second-order valence-corrected chi connectivity index (χ2v) is 6.82. The van der Waals surface area contributed by atoms with Crippen molar-refractivity contribution >= 4 is 16.3 Å². The molecular formula is C20H22FN. The van der Waals surface area contributed by atoms with Gasteiger partial charge in [0.25, 0.3) is 0 Å². The SMILES string of the molecule is CNCC1=C(c2ccc3cc(F)ccc3c2)CC2CCC1C2. The predicted molar refractivity (Wildman–Crippen MR) is 90.2 cm³/mol. The number of hydrogen-bond donors (Lipinski definition) is 1. The van der Waals surface area contributed by atoms with Crippen molar-refractivity contribution in [3.63, 3.8) is 0 Å². The summed E-state index contributed by atoms with van der Waals surface area (Å²) in [6.07, 6.45) is 5.31. The number of fused-ring (bicyclic) bond motifs is 3. The Morgan fingerprint density at radius 3 is 2.77 bits per heavy atom. The first kappa shape index (κ1) is 14.0. The summed E-state index contributed by atoms with van der Waals surface area (Å²) in [6.45, 7) is 0.994. The highest BCUT2D eigenvalue weighted by molar-refractivity contribution is 5.87. The minimum absolute atomic E-state index is 0.161. The van der Waals surface area contributed by atoms with Crippen LogP contribution in [0.25, 0.3) is 16.3 Å². The Kier molecular flexibility index (Phi) is 3.50. The van der Waals surface area contributed by atoms with Crippen LogP contribution in [0.3, 0.4) is 0 Å². The summed E-state index contributed by atoms with van der Waals surface area (Å²) in [5.41, 5.74) is 4.48. The maximum absolute atomic E-state index is 13.3. The van der Waals surface area contributed by atoms with Crippen molar-refractivity contribution in [1.29, 1.82) is 0 Å². The summed E-state index contributed by atoms with van der Waals surface area (Å²) in [6, 6.07) is 11.5. The number of allylic oxidation sites excluding steroid dienone is 1. The van der Waals surface area contributed by atoms with Crippen LogP contribution in [0.1, 0.15) is 31.2 Å². The molecule has 1 N–H and O–H groups in total. The minimum atomic E-state index is -0.161. The van der Waals surface area contributed by atoms with Crippen molar-refractivity contribution in [3.8, 4) is 0 Å². The normalized spacial score (nSPS) is 24.3. The second-order valence-electron chi connectivity index (χ2n) is 6.82. The maximum Gasteiger partial charge on any atom is 0.123 e. The van der Waals surface area contributed by atoms with Gasteiger partial charge in [0.05, 0.1) is 0 Å². The van der Waals surface area contributed by atoms with Crippen molar-refractivity contribution in [3.05, 3.63) is 53.4 Å². The van der Waals surface area contributed by atoms with Gasteiger partial charge in [-0.2, -0.15) is 0 Å². The van der Waals surface area contributed by atoms with E-state index < -0.39 is 0 Å². The third-order valence-electron chi connectivity index (χ3n) is 5.43. The zero-order chi connectivity index (χ0) is 15.1. The zero-order valence-electron chi connectivity index (χ0n) is 13.0. The predicted octanol–water partition coefficient (Wildman–Crippen LogP) is 4.77. The van der Waals surface area contributed by atoms with Gasteiger partial charge < -0.3 is 5.32 Å². The number of halogens is 1. The van der Waals surface area contributed by atoms with Gasteiger partial charge in [0.2, 0.25) is 0 Å². The Bertz CT molecular complexity index is 746. The Morgan fingerprint density at radius 1 is 1.09 bits per heavy atom. The molecule has 0 aliphatic heterocycles. The van der Waals surface area contributed by atoms with Crippen LogP contribution in [0.4, 0.5) is 4.39 Å². The van der Waals surface area contributed by atoms with Gasteiger partial charge in [0.1, 0.15) is 5.82 Å². The third kappa shape index (κ3) is 2.36. The average Bonchev–Trinajstić information content (AvgIpc) is 2.92. The molecule has 2 aromatic rings. The number of nitrogens with one attached hydrogen (secondary N) is 1. The van der Waals surface area contributed by atoms with Gasteiger partial charge in [-0.05, 0) is 90.2 Å². The first-order valence-corrected chi connectivity index (χ1v) is 8.31. The maximum atomic E-state index is 13.3. The van der Waals surface area contributed by atoms with E-state index in [-0.39, 0.29) is 5.82 Å². The average molecular weight is 295 g/mol. The van der Waals surface area contributed by atoms with Gasteiger partial charge in [0, 0.05) is 6.54 Å². The van der Waals surface area contributed by atoms with Gasteiger partial charge in [-0.3, -0.25) is 0 Å². The van der Waals surface area contributed by atoms with Gasteiger partial charge in [-0.25, -0.2) is 4.39 Å². The lowest BCUT2D eigenvalue weighted by molar-refractivity contribution is 0.505. The number of rotatable bonds is 3. The molecule has 114 valence electrons. The fraction of sp³-hybridized carbons (Fsp3) is 0.400. The van der Waals surface area contributed by atoms with Crippen LogP contribution in [-0.2, 0) is 0 Å². The molecule has 2 aromatic carbocycles. The summed E-state index contributed by atoms with van der Waals surface area (Å²) in [4.78, 5) is 0. The molecule has 0 amide bonds. The van der Waals surface area contributed by atoms with Crippen LogP contribution < -0.4 is 5.32 Å². The molecule has 2 atom stereocenters. The number of benzene rings is 2. The molecule has 0 aromatic heterocycles. The van der Waals surface area contributed by atoms with E-state index in [4.69, 9.17) is 0 Å². The molecule has 2 aliphatic carbocycles. The molecule has 22 heavy (non-hydrogen) atoms. The Labute approximate surface area is 131 Å². The minimum Gasteiger partial charge on any atom is -0.316 e. The molecule has 2 bridgehead atoms. The van der Waals surface area contributed by atoms with Crippen LogP contribution >= 0.6 is 0 Å². The quantitative estimate of drug-likeness (QED) is 0.860. The molecule has 2 aliphatic rings. The lowest BCUT2D eigenvalue weighted by atomic mass is 9.79. The fourth-order valence-electron chi connectivity index (χ4n) is 4.39. The first-order valence-electron chi connectivity index (χ1n) is 8.31. The number of hydrogen-bond acceptors (Lipinski definition) is 1. The van der Waals surface area contributed by atoms with Crippen molar-refractivity contribution in [1.82, 2.24) is 5.32 Å². The summed E-state index contributed by atoms with van der Waals surface area (Å²) in [5.74, 6) is 1.47. The Balaban J connectivity index is 1.81. The highest BCUT2D eigenvalue weighted by Gasteiger charge is 2.34. The van der Waals surface area contributed by atoms with Crippen molar-refractivity contribution < 1.29 is 4.39 Å². The van der Waals surface area contributed by atoms with E-state index in [0.717, 1.165) is 29.2 Å². The molecule has 0 heterocycles. The lowest BCUT2D eigenvalue weighted by Crippen LogP contribution is -2.20. The van der Waals surface area contributed by atoms with E-state index >= 15 is 0 Å². The molecule has 2 unspecified atom stereocenters. The van der Waals surface area contributed by atoms with Crippen LogP contribution in [-0.4, -0.2) is 13.6 Å². The van der Waals surface area contributed by atoms with Crippen LogP contribution in [0.15, 0.2) is 42.0 Å². The highest BCUT2D eigenvalue weighted by Crippen LogP contribution is 2.48. The van der Waals surface area contributed by atoms with Gasteiger partial charge in [0.15, 0.2) is 0 Å². The standard InChI is InChI=1S/C20H22FN/c1-22-12-20-16-3-2-13(8-16)9-19(20)17-5-4-15-11-18(21)7-6-14(15)10-17/h4-7,10-11,13,16,22H,2-3,8-9,12H2,1H3. The van der Waals surface area contributed by atoms with Gasteiger partial charge >= 0.3 is 0 Å². The largest absolute Gasteiger partial charge is 0.316 e. The summed E-state index contributed by atoms with van der Waals surface area (Å²) < 4.78 is 13.3. The summed E-state index contributed by atoms with van der Waals surface area (Å²) >= 11 is 0. The van der Waals surface area contributed by atoms with Crippen LogP contribution in [0.2, 0.25) is 0 Å². The smallest absolute Gasteiger partial charge is 0.123 e. The monoisotopic (exact) mass is 295 g/mol. The lowest BCUT2D eigenvalue weighted by Gasteiger charge is -2.27. The fourth-order valence-corrected chi connectivity index (χ4v) is 4.39. The molecule has 1 saturated carbocycles. The molecular weight excluding hydrogens is 273 g/mol. The molecule has 0 radical (unpaired) electrons.